The summed E-state index contributed by atoms with van der Waals surface area (Å²) in [5.41, 5.74) is 2.70. The summed E-state index contributed by atoms with van der Waals surface area (Å²) in [5, 5.41) is 0.609. The maximum Gasteiger partial charge on any atom is 0.410 e. The molecule has 2 amide bonds. The number of anilines is 1. The molecule has 1 fully saturated rings. The molecule has 4 rings (SSSR count). The highest BCUT2D eigenvalue weighted by atomic mass is 35.5. The monoisotopic (exact) mass is 771 g/mol. The van der Waals surface area contributed by atoms with Crippen molar-refractivity contribution in [2.75, 3.05) is 82.4 Å². The van der Waals surface area contributed by atoms with E-state index < -0.39 is 5.60 Å². The van der Waals surface area contributed by atoms with Crippen molar-refractivity contribution in [3.05, 3.63) is 53.1 Å². The fourth-order valence-corrected chi connectivity index (χ4v) is 7.03. The minimum atomic E-state index is -0.552. The Labute approximate surface area is 323 Å². The van der Waals surface area contributed by atoms with E-state index >= 15 is 0 Å². The Morgan fingerprint density at radius 2 is 1.72 bits per heavy atom. The third-order valence-corrected chi connectivity index (χ3v) is 10.1. The molecule has 1 saturated heterocycles. The molecule has 1 aliphatic rings. The molecular weight excluding hydrogens is 718 g/mol. The van der Waals surface area contributed by atoms with Crippen LogP contribution in [0.2, 0.25) is 5.02 Å². The number of rotatable bonds is 22. The lowest BCUT2D eigenvalue weighted by molar-refractivity contribution is -0.107. The fourth-order valence-electron chi connectivity index (χ4n) is 6.09. The Morgan fingerprint density at radius 3 is 2.38 bits per heavy atom. The van der Waals surface area contributed by atoms with Crippen molar-refractivity contribution in [2.45, 2.75) is 71.1 Å². The number of pyridine rings is 1. The molecule has 14 heteroatoms. The summed E-state index contributed by atoms with van der Waals surface area (Å²) >= 11 is 8.19. The molecule has 0 saturated carbocycles. The lowest BCUT2D eigenvalue weighted by Crippen LogP contribution is -2.46. The van der Waals surface area contributed by atoms with Crippen molar-refractivity contribution in [3.63, 3.8) is 0 Å². The van der Waals surface area contributed by atoms with E-state index in [1.807, 2.05) is 56.8 Å². The van der Waals surface area contributed by atoms with Crippen LogP contribution in [0.4, 0.5) is 10.5 Å². The Kier molecular flexibility index (Phi) is 17.2. The number of carbonyl (C=O) groups is 2. The molecule has 0 radical (unpaired) electrons. The van der Waals surface area contributed by atoms with Crippen LogP contribution in [0.3, 0.4) is 0 Å². The SMILES string of the molecule is C#CCOCCOCCOCCOCCSCCCn1c(CN(C=O)c2cnccc2C2(C)CCN(C(=O)OC(C)(C)C)CC2)nc2cc(Cl)ccc21. The molecule has 0 unspecified atom stereocenters. The maximum atomic E-state index is 12.8. The van der Waals surface area contributed by atoms with Crippen LogP contribution >= 0.6 is 23.4 Å². The molecule has 0 N–H and O–H groups in total. The summed E-state index contributed by atoms with van der Waals surface area (Å²) in [4.78, 5) is 38.3. The summed E-state index contributed by atoms with van der Waals surface area (Å²) in [6.45, 7) is 13.9. The van der Waals surface area contributed by atoms with Crippen molar-refractivity contribution in [1.82, 2.24) is 19.4 Å². The molecule has 12 nitrogen and oxygen atoms in total. The van der Waals surface area contributed by atoms with Gasteiger partial charge in [0.25, 0.3) is 0 Å². The second kappa shape index (κ2) is 21.5. The molecule has 3 aromatic rings. The number of thioether (sulfide) groups is 1. The number of ether oxygens (including phenoxy) is 5. The summed E-state index contributed by atoms with van der Waals surface area (Å²) in [7, 11) is 0. The zero-order valence-electron chi connectivity index (χ0n) is 31.5. The molecule has 0 spiro atoms. The topological polar surface area (TPSA) is 117 Å². The molecule has 0 bridgehead atoms. The third kappa shape index (κ3) is 13.5. The number of likely N-dealkylation sites (tertiary alicyclic amines) is 1. The van der Waals surface area contributed by atoms with Gasteiger partial charge in [0.2, 0.25) is 6.41 Å². The van der Waals surface area contributed by atoms with E-state index in [2.05, 4.69) is 22.4 Å². The van der Waals surface area contributed by atoms with E-state index in [1.165, 1.54) is 0 Å². The van der Waals surface area contributed by atoms with E-state index in [1.54, 1.807) is 22.2 Å². The molecule has 290 valence electrons. The fraction of sp³-hybridized carbons (Fsp3) is 0.590. The number of benzene rings is 1. The molecule has 53 heavy (non-hydrogen) atoms. The third-order valence-electron chi connectivity index (χ3n) is 8.85. The Bertz CT molecular complexity index is 1630. The van der Waals surface area contributed by atoms with Crippen LogP contribution in [0, 0.1) is 12.3 Å². The number of carbonyl (C=O) groups excluding carboxylic acids is 2. The highest BCUT2D eigenvalue weighted by molar-refractivity contribution is 7.99. The number of imidazole rings is 1. The van der Waals surface area contributed by atoms with Gasteiger partial charge in [-0.05, 0) is 81.0 Å². The highest BCUT2D eigenvalue weighted by Crippen LogP contribution is 2.40. The van der Waals surface area contributed by atoms with Crippen LogP contribution in [0.15, 0.2) is 36.7 Å². The summed E-state index contributed by atoms with van der Waals surface area (Å²) in [5.74, 6) is 5.00. The molecule has 0 aliphatic carbocycles. The van der Waals surface area contributed by atoms with Gasteiger partial charge in [-0.3, -0.25) is 9.78 Å². The normalized spacial score (nSPS) is 14.3. The van der Waals surface area contributed by atoms with Gasteiger partial charge in [0.15, 0.2) is 0 Å². The number of halogens is 1. The van der Waals surface area contributed by atoms with Crippen molar-refractivity contribution < 1.29 is 33.3 Å². The van der Waals surface area contributed by atoms with Gasteiger partial charge in [-0.1, -0.05) is 24.4 Å². The van der Waals surface area contributed by atoms with Crippen LogP contribution < -0.4 is 4.90 Å². The Hall–Kier alpha value is -3.38. The Balaban J connectivity index is 1.28. The van der Waals surface area contributed by atoms with Crippen LogP contribution in [-0.2, 0) is 47.0 Å². The van der Waals surface area contributed by atoms with Gasteiger partial charge in [-0.2, -0.15) is 11.8 Å². The van der Waals surface area contributed by atoms with Crippen molar-refractivity contribution in [1.29, 1.82) is 0 Å². The molecule has 1 aliphatic heterocycles. The average molecular weight is 772 g/mol. The van der Waals surface area contributed by atoms with E-state index in [4.69, 9.17) is 46.7 Å². The first kappa shape index (κ1) is 42.4. The number of amides is 2. The number of piperidine rings is 1. The standard InChI is InChI=1S/C39H54ClN5O7S/c1-6-17-48-18-19-49-20-21-50-22-23-51-24-26-53-25-7-14-45-34-9-8-31(40)27-33(34)42-36(45)29-44(30-46)35-28-41-13-10-32(35)39(5)11-15-43(16-12-39)37(47)52-38(2,3)4/h1,8-10,13,27-28,30H,7,11-12,14-26,29H2,2-5H3. The largest absolute Gasteiger partial charge is 0.444 e. The Morgan fingerprint density at radius 1 is 1.04 bits per heavy atom. The van der Waals surface area contributed by atoms with Crippen molar-refractivity contribution in [2.24, 2.45) is 0 Å². The average Bonchev–Trinajstić information content (AvgIpc) is 3.47. The number of hydrogen-bond acceptors (Lipinski definition) is 10. The second-order valence-corrected chi connectivity index (χ2v) is 15.7. The predicted octanol–water partition coefficient (Wildman–Crippen LogP) is 6.36. The zero-order valence-corrected chi connectivity index (χ0v) is 33.1. The van der Waals surface area contributed by atoms with E-state index in [9.17, 15) is 9.59 Å². The predicted molar refractivity (Wildman–Crippen MR) is 210 cm³/mol. The highest BCUT2D eigenvalue weighted by Gasteiger charge is 2.37. The lowest BCUT2D eigenvalue weighted by Gasteiger charge is -2.41. The number of terminal acetylenes is 1. The van der Waals surface area contributed by atoms with Gasteiger partial charge in [0, 0.05) is 36.6 Å². The number of aryl methyl sites for hydroxylation is 1. The maximum absolute atomic E-state index is 12.8. The molecular formula is C39H54ClN5O7S. The van der Waals surface area contributed by atoms with Crippen LogP contribution in [-0.4, -0.2) is 115 Å². The van der Waals surface area contributed by atoms with E-state index in [-0.39, 0.29) is 18.1 Å². The minimum absolute atomic E-state index is 0.269. The van der Waals surface area contributed by atoms with E-state index in [0.29, 0.717) is 71.0 Å². The first-order valence-electron chi connectivity index (χ1n) is 18.2. The van der Waals surface area contributed by atoms with Crippen molar-refractivity contribution >= 4 is 52.6 Å². The molecule has 1 aromatic carbocycles. The number of aromatic nitrogens is 3. The van der Waals surface area contributed by atoms with Gasteiger partial charge in [0.1, 0.15) is 18.0 Å². The van der Waals surface area contributed by atoms with Gasteiger partial charge in [-0.15, -0.1) is 6.42 Å². The lowest BCUT2D eigenvalue weighted by atomic mass is 9.74. The van der Waals surface area contributed by atoms with Gasteiger partial charge < -0.3 is 38.1 Å². The van der Waals surface area contributed by atoms with Crippen LogP contribution in [0.25, 0.3) is 11.0 Å². The van der Waals surface area contributed by atoms with Gasteiger partial charge >= 0.3 is 6.09 Å². The van der Waals surface area contributed by atoms with Crippen molar-refractivity contribution in [3.8, 4) is 12.3 Å². The van der Waals surface area contributed by atoms with Gasteiger partial charge in [0.05, 0.1) is 75.7 Å². The first-order chi connectivity index (χ1) is 25.5. The zero-order chi connectivity index (χ0) is 38.1. The number of fused-ring (bicyclic) bond motifs is 1. The molecule has 3 heterocycles. The van der Waals surface area contributed by atoms with E-state index in [0.717, 1.165) is 71.8 Å². The molecule has 0 atom stereocenters. The summed E-state index contributed by atoms with van der Waals surface area (Å²) < 4.78 is 29.6. The summed E-state index contributed by atoms with van der Waals surface area (Å²) in [6, 6.07) is 7.70. The molecule has 2 aromatic heterocycles. The summed E-state index contributed by atoms with van der Waals surface area (Å²) in [6.07, 6.45) is 11.6. The minimum Gasteiger partial charge on any atom is -0.444 e. The number of nitrogens with zero attached hydrogens (tertiary/aromatic N) is 5. The smallest absolute Gasteiger partial charge is 0.410 e. The first-order valence-corrected chi connectivity index (χ1v) is 19.7. The second-order valence-electron chi connectivity index (χ2n) is 14.0. The van der Waals surface area contributed by atoms with Crippen LogP contribution in [0.1, 0.15) is 58.3 Å². The quantitative estimate of drug-likeness (QED) is 0.0649. The van der Waals surface area contributed by atoms with Gasteiger partial charge in [-0.25, -0.2) is 9.78 Å². The number of hydrogen-bond donors (Lipinski definition) is 0. The van der Waals surface area contributed by atoms with Crippen LogP contribution in [0.5, 0.6) is 0 Å².